The van der Waals surface area contributed by atoms with Gasteiger partial charge in [-0.15, -0.1) is 0 Å². The lowest BCUT2D eigenvalue weighted by molar-refractivity contribution is -0.120. The molecule has 0 aliphatic heterocycles. The predicted octanol–water partition coefficient (Wildman–Crippen LogP) is 3.40. The Morgan fingerprint density at radius 3 is 2.52 bits per heavy atom. The van der Waals surface area contributed by atoms with Gasteiger partial charge >= 0.3 is 0 Å². The van der Waals surface area contributed by atoms with E-state index in [0.717, 1.165) is 6.07 Å². The molecular formula is C17H14Cl2FN3O2. The second kappa shape index (κ2) is 8.60. The zero-order chi connectivity index (χ0) is 18.4. The first kappa shape index (κ1) is 18.9. The third-order valence-electron chi connectivity index (χ3n) is 3.18. The summed E-state index contributed by atoms with van der Waals surface area (Å²) in [6, 6.07) is 10.1. The van der Waals surface area contributed by atoms with Gasteiger partial charge in [-0.25, -0.2) is 9.82 Å². The second-order valence-electron chi connectivity index (χ2n) is 5.05. The van der Waals surface area contributed by atoms with E-state index in [-0.39, 0.29) is 12.1 Å². The molecule has 2 rings (SSSR count). The first-order chi connectivity index (χ1) is 11.9. The summed E-state index contributed by atoms with van der Waals surface area (Å²) in [5, 5.41) is 7.11. The van der Waals surface area contributed by atoms with Gasteiger partial charge < -0.3 is 5.32 Å². The van der Waals surface area contributed by atoms with Crippen molar-refractivity contribution in [1.29, 1.82) is 0 Å². The average Bonchev–Trinajstić information content (AvgIpc) is 2.59. The smallest absolute Gasteiger partial charge is 0.259 e. The van der Waals surface area contributed by atoms with Gasteiger partial charge in [0.25, 0.3) is 11.8 Å². The summed E-state index contributed by atoms with van der Waals surface area (Å²) in [7, 11) is 0. The SMILES string of the molecule is CC(=NNC(=O)CNC(=O)c1cccc(F)c1)c1ccc(Cl)c(Cl)c1. The molecule has 0 bridgehead atoms. The van der Waals surface area contributed by atoms with Gasteiger partial charge in [-0.2, -0.15) is 5.10 Å². The molecule has 0 aliphatic carbocycles. The van der Waals surface area contributed by atoms with Crippen molar-refractivity contribution in [2.24, 2.45) is 5.10 Å². The fraction of sp³-hybridized carbons (Fsp3) is 0.118. The molecule has 0 fully saturated rings. The Labute approximate surface area is 153 Å². The molecule has 0 aromatic heterocycles. The first-order valence-corrected chi connectivity index (χ1v) is 7.94. The van der Waals surface area contributed by atoms with E-state index in [9.17, 15) is 14.0 Å². The predicted molar refractivity (Wildman–Crippen MR) is 95.5 cm³/mol. The first-order valence-electron chi connectivity index (χ1n) is 7.19. The van der Waals surface area contributed by atoms with Crippen LogP contribution in [-0.4, -0.2) is 24.1 Å². The summed E-state index contributed by atoms with van der Waals surface area (Å²) in [6.45, 7) is 1.39. The molecule has 0 atom stereocenters. The van der Waals surface area contributed by atoms with Gasteiger partial charge in [0.1, 0.15) is 5.82 Å². The van der Waals surface area contributed by atoms with Crippen LogP contribution < -0.4 is 10.7 Å². The summed E-state index contributed by atoms with van der Waals surface area (Å²) in [5.74, 6) is -1.61. The zero-order valence-electron chi connectivity index (χ0n) is 13.1. The van der Waals surface area contributed by atoms with Gasteiger partial charge in [0.15, 0.2) is 0 Å². The molecule has 2 amide bonds. The maximum absolute atomic E-state index is 13.1. The van der Waals surface area contributed by atoms with Crippen LogP contribution in [0.15, 0.2) is 47.6 Å². The number of benzene rings is 2. The maximum Gasteiger partial charge on any atom is 0.259 e. The van der Waals surface area contributed by atoms with Crippen LogP contribution in [0.2, 0.25) is 10.0 Å². The lowest BCUT2D eigenvalue weighted by Crippen LogP contribution is -2.35. The van der Waals surface area contributed by atoms with Crippen molar-refractivity contribution < 1.29 is 14.0 Å². The topological polar surface area (TPSA) is 70.6 Å². The van der Waals surface area contributed by atoms with Crippen LogP contribution in [0.1, 0.15) is 22.8 Å². The number of hydrogen-bond acceptors (Lipinski definition) is 3. The van der Waals surface area contributed by atoms with Crippen LogP contribution in [0.5, 0.6) is 0 Å². The summed E-state index contributed by atoms with van der Waals surface area (Å²) in [6.07, 6.45) is 0. The Bertz CT molecular complexity index is 840. The molecule has 5 nitrogen and oxygen atoms in total. The summed E-state index contributed by atoms with van der Waals surface area (Å²) in [5.41, 5.74) is 3.66. The van der Waals surface area contributed by atoms with Gasteiger partial charge in [0, 0.05) is 5.56 Å². The molecule has 130 valence electrons. The molecule has 25 heavy (non-hydrogen) atoms. The number of nitrogens with zero attached hydrogens (tertiary/aromatic N) is 1. The van der Waals surface area contributed by atoms with Crippen molar-refractivity contribution in [3.8, 4) is 0 Å². The number of hydrazone groups is 1. The van der Waals surface area contributed by atoms with E-state index in [1.165, 1.54) is 18.2 Å². The minimum Gasteiger partial charge on any atom is -0.343 e. The Balaban J connectivity index is 1.89. The molecular weight excluding hydrogens is 368 g/mol. The Hall–Kier alpha value is -2.44. The number of nitrogens with one attached hydrogen (secondary N) is 2. The standard InChI is InChI=1S/C17H14Cl2FN3O2/c1-10(11-5-6-14(18)15(19)8-11)22-23-16(24)9-21-17(25)12-3-2-4-13(20)7-12/h2-8H,9H2,1H3,(H,21,25)(H,23,24). The van der Waals surface area contributed by atoms with Crippen molar-refractivity contribution in [2.75, 3.05) is 6.54 Å². The van der Waals surface area contributed by atoms with E-state index in [0.29, 0.717) is 21.3 Å². The fourth-order valence-corrected chi connectivity index (χ4v) is 2.16. The third-order valence-corrected chi connectivity index (χ3v) is 3.92. The minimum atomic E-state index is -0.556. The molecule has 2 aromatic rings. The van der Waals surface area contributed by atoms with Crippen LogP contribution in [0.3, 0.4) is 0 Å². The van der Waals surface area contributed by atoms with Crippen molar-refractivity contribution >= 4 is 40.7 Å². The van der Waals surface area contributed by atoms with E-state index < -0.39 is 17.6 Å². The van der Waals surface area contributed by atoms with Crippen LogP contribution in [0.4, 0.5) is 4.39 Å². The second-order valence-corrected chi connectivity index (χ2v) is 5.87. The highest BCUT2D eigenvalue weighted by Gasteiger charge is 2.09. The van der Waals surface area contributed by atoms with Crippen molar-refractivity contribution in [3.05, 3.63) is 69.5 Å². The van der Waals surface area contributed by atoms with Gasteiger partial charge in [-0.3, -0.25) is 9.59 Å². The monoisotopic (exact) mass is 381 g/mol. The largest absolute Gasteiger partial charge is 0.343 e. The highest BCUT2D eigenvalue weighted by Crippen LogP contribution is 2.22. The molecule has 0 aliphatic rings. The van der Waals surface area contributed by atoms with Gasteiger partial charge in [0.2, 0.25) is 0 Å². The molecule has 0 saturated heterocycles. The van der Waals surface area contributed by atoms with Crippen LogP contribution in [0, 0.1) is 5.82 Å². The normalized spacial score (nSPS) is 11.1. The number of amides is 2. The number of carbonyl (C=O) groups excluding carboxylic acids is 2. The van der Waals surface area contributed by atoms with Gasteiger partial charge in [-0.1, -0.05) is 35.3 Å². The minimum absolute atomic E-state index is 0.128. The van der Waals surface area contributed by atoms with E-state index in [1.54, 1.807) is 25.1 Å². The molecule has 0 unspecified atom stereocenters. The number of hydrogen-bond donors (Lipinski definition) is 2. The summed E-state index contributed by atoms with van der Waals surface area (Å²) >= 11 is 11.8. The van der Waals surface area contributed by atoms with Crippen LogP contribution in [0.25, 0.3) is 0 Å². The molecule has 0 spiro atoms. The van der Waals surface area contributed by atoms with E-state index in [4.69, 9.17) is 23.2 Å². The van der Waals surface area contributed by atoms with Crippen molar-refractivity contribution in [2.45, 2.75) is 6.92 Å². The van der Waals surface area contributed by atoms with Crippen molar-refractivity contribution in [1.82, 2.24) is 10.7 Å². The van der Waals surface area contributed by atoms with Gasteiger partial charge in [0.05, 0.1) is 22.3 Å². The lowest BCUT2D eigenvalue weighted by Gasteiger charge is -2.06. The lowest BCUT2D eigenvalue weighted by atomic mass is 10.1. The Kier molecular flexibility index (Phi) is 6.50. The molecule has 2 aromatic carbocycles. The van der Waals surface area contributed by atoms with E-state index >= 15 is 0 Å². The molecule has 2 N–H and O–H groups in total. The molecule has 8 heteroatoms. The van der Waals surface area contributed by atoms with Crippen molar-refractivity contribution in [3.63, 3.8) is 0 Å². The van der Waals surface area contributed by atoms with Crippen LogP contribution in [-0.2, 0) is 4.79 Å². The molecule has 0 heterocycles. The molecule has 0 radical (unpaired) electrons. The summed E-state index contributed by atoms with van der Waals surface area (Å²) in [4.78, 5) is 23.6. The van der Waals surface area contributed by atoms with Gasteiger partial charge in [-0.05, 0) is 42.8 Å². The zero-order valence-corrected chi connectivity index (χ0v) is 14.7. The third kappa shape index (κ3) is 5.55. The summed E-state index contributed by atoms with van der Waals surface area (Å²) < 4.78 is 13.1. The Morgan fingerprint density at radius 2 is 1.84 bits per heavy atom. The maximum atomic E-state index is 13.1. The number of rotatable bonds is 5. The Morgan fingerprint density at radius 1 is 1.08 bits per heavy atom. The number of halogens is 3. The fourth-order valence-electron chi connectivity index (χ4n) is 1.86. The van der Waals surface area contributed by atoms with E-state index in [1.807, 2.05) is 0 Å². The van der Waals surface area contributed by atoms with Crippen LogP contribution >= 0.6 is 23.2 Å². The highest BCUT2D eigenvalue weighted by atomic mass is 35.5. The molecule has 0 saturated carbocycles. The van der Waals surface area contributed by atoms with E-state index in [2.05, 4.69) is 15.8 Å². The quantitative estimate of drug-likeness (QED) is 0.615. The highest BCUT2D eigenvalue weighted by molar-refractivity contribution is 6.42. The average molecular weight is 382 g/mol. The number of carbonyl (C=O) groups is 2.